The number of fused-ring (bicyclic) bond motifs is 1. The second-order valence-electron chi connectivity index (χ2n) is 6.17. The number of ether oxygens (including phenoxy) is 1. The van der Waals surface area contributed by atoms with Crippen molar-refractivity contribution in [2.45, 2.75) is 20.0 Å². The first-order chi connectivity index (χ1) is 11.6. The lowest BCUT2D eigenvalue weighted by atomic mass is 10.1. The Morgan fingerprint density at radius 2 is 2.21 bits per heavy atom. The van der Waals surface area contributed by atoms with Gasteiger partial charge < -0.3 is 19.0 Å². The first-order valence-electron chi connectivity index (χ1n) is 8.03. The normalized spacial score (nSPS) is 18.2. The smallest absolute Gasteiger partial charge is 0.254 e. The van der Waals surface area contributed by atoms with Gasteiger partial charge in [0.25, 0.3) is 5.91 Å². The second-order valence-corrected chi connectivity index (χ2v) is 6.17. The highest BCUT2D eigenvalue weighted by Gasteiger charge is 2.28. The van der Waals surface area contributed by atoms with Crippen LogP contribution in [-0.4, -0.2) is 40.5 Å². The van der Waals surface area contributed by atoms with E-state index in [9.17, 15) is 4.79 Å². The molecule has 1 aliphatic heterocycles. The first-order valence-corrected chi connectivity index (χ1v) is 8.03. The average Bonchev–Trinajstić information content (AvgIpc) is 3.18. The van der Waals surface area contributed by atoms with Crippen molar-refractivity contribution in [3.05, 3.63) is 53.3 Å². The van der Waals surface area contributed by atoms with E-state index in [0.29, 0.717) is 25.3 Å². The molecule has 2 aromatic heterocycles. The lowest BCUT2D eigenvalue weighted by molar-refractivity contribution is -0.0264. The van der Waals surface area contributed by atoms with Gasteiger partial charge in [-0.1, -0.05) is 0 Å². The predicted octanol–water partition coefficient (Wildman–Crippen LogP) is 2.99. The zero-order valence-electron chi connectivity index (χ0n) is 13.7. The number of carbonyl (C=O) groups is 1. The number of carbonyl (C=O) groups excluding carboxylic acids is 1. The number of furan rings is 1. The number of rotatable bonds is 2. The van der Waals surface area contributed by atoms with E-state index in [0.717, 1.165) is 28.2 Å². The largest absolute Gasteiger partial charge is 0.461 e. The Morgan fingerprint density at radius 1 is 1.33 bits per heavy atom. The molecule has 1 fully saturated rings. The number of hydrogen-bond acceptors (Lipinski definition) is 4. The van der Waals surface area contributed by atoms with E-state index >= 15 is 0 Å². The van der Waals surface area contributed by atoms with E-state index in [1.807, 2.05) is 43.0 Å². The van der Waals surface area contributed by atoms with Crippen molar-refractivity contribution >= 4 is 16.9 Å². The Balaban J connectivity index is 1.56. The summed E-state index contributed by atoms with van der Waals surface area (Å²) in [6.07, 6.45) is 1.56. The lowest BCUT2D eigenvalue weighted by Crippen LogP contribution is -2.42. The van der Waals surface area contributed by atoms with Crippen molar-refractivity contribution in [1.29, 1.82) is 0 Å². The van der Waals surface area contributed by atoms with Gasteiger partial charge in [-0.15, -0.1) is 0 Å². The monoisotopic (exact) mass is 325 g/mol. The molecule has 1 aliphatic rings. The molecular formula is C18H19N3O3. The van der Waals surface area contributed by atoms with Crippen LogP contribution in [0, 0.1) is 13.8 Å². The maximum atomic E-state index is 12.8. The summed E-state index contributed by atoms with van der Waals surface area (Å²) in [4.78, 5) is 22.2. The Kier molecular flexibility index (Phi) is 3.61. The molecule has 0 saturated carbocycles. The molecule has 6 nitrogen and oxygen atoms in total. The molecule has 0 aliphatic carbocycles. The highest BCUT2D eigenvalue weighted by atomic mass is 16.5. The minimum atomic E-state index is -0.212. The average molecular weight is 325 g/mol. The van der Waals surface area contributed by atoms with Gasteiger partial charge in [0, 0.05) is 29.4 Å². The van der Waals surface area contributed by atoms with Crippen molar-refractivity contribution in [3.63, 3.8) is 0 Å². The van der Waals surface area contributed by atoms with E-state index < -0.39 is 0 Å². The van der Waals surface area contributed by atoms with Crippen molar-refractivity contribution in [2.24, 2.45) is 0 Å². The number of nitrogens with zero attached hydrogens (tertiary/aromatic N) is 2. The maximum Gasteiger partial charge on any atom is 0.254 e. The van der Waals surface area contributed by atoms with Gasteiger partial charge in [0.05, 0.1) is 13.2 Å². The predicted molar refractivity (Wildman–Crippen MR) is 88.9 cm³/mol. The summed E-state index contributed by atoms with van der Waals surface area (Å²) in [5, 5.41) is 0.949. The number of nitrogens with one attached hydrogen (secondary N) is 1. The van der Waals surface area contributed by atoms with Crippen molar-refractivity contribution in [1.82, 2.24) is 14.9 Å². The summed E-state index contributed by atoms with van der Waals surface area (Å²) in [7, 11) is 0. The lowest BCUT2D eigenvalue weighted by Gasteiger charge is -2.32. The topological polar surface area (TPSA) is 71.4 Å². The number of benzene rings is 1. The number of aromatic nitrogens is 2. The molecular weight excluding hydrogens is 306 g/mol. The summed E-state index contributed by atoms with van der Waals surface area (Å²) in [6.45, 7) is 5.43. The van der Waals surface area contributed by atoms with E-state index in [1.54, 1.807) is 6.20 Å². The van der Waals surface area contributed by atoms with Crippen LogP contribution in [0.5, 0.6) is 0 Å². The van der Waals surface area contributed by atoms with Crippen LogP contribution in [0.1, 0.15) is 33.7 Å². The highest BCUT2D eigenvalue weighted by Crippen LogP contribution is 2.24. The third kappa shape index (κ3) is 2.69. The van der Waals surface area contributed by atoms with Gasteiger partial charge in [-0.3, -0.25) is 4.79 Å². The molecule has 0 bridgehead atoms. The molecule has 1 atom stereocenters. The number of imidazole rings is 1. The molecule has 1 N–H and O–H groups in total. The van der Waals surface area contributed by atoms with Crippen LogP contribution in [0.25, 0.3) is 11.0 Å². The summed E-state index contributed by atoms with van der Waals surface area (Å²) in [6, 6.07) is 7.49. The Hall–Kier alpha value is -2.60. The highest BCUT2D eigenvalue weighted by molar-refractivity contribution is 5.97. The van der Waals surface area contributed by atoms with Gasteiger partial charge in [-0.05, 0) is 38.1 Å². The zero-order valence-corrected chi connectivity index (χ0v) is 13.7. The molecule has 0 unspecified atom stereocenters. The van der Waals surface area contributed by atoms with Crippen LogP contribution in [0.3, 0.4) is 0 Å². The standard InChI is InChI=1S/C18H19N3O3/c1-11-9-19-17(20-11)16-10-21(5-6-23-16)18(22)13-3-4-15-14(8-13)7-12(2)24-15/h3-4,7-9,16H,5-6,10H2,1-2H3,(H,19,20)/t16-/m0/s1. The van der Waals surface area contributed by atoms with Gasteiger partial charge in [-0.2, -0.15) is 0 Å². The number of aryl methyl sites for hydroxylation is 2. The number of hydrogen-bond donors (Lipinski definition) is 1. The molecule has 6 heteroatoms. The molecule has 3 heterocycles. The van der Waals surface area contributed by atoms with Crippen molar-refractivity contribution in [3.8, 4) is 0 Å². The molecule has 1 aromatic carbocycles. The van der Waals surface area contributed by atoms with Gasteiger partial charge in [0.2, 0.25) is 0 Å². The van der Waals surface area contributed by atoms with Gasteiger partial charge in [0.1, 0.15) is 23.3 Å². The number of aromatic amines is 1. The van der Waals surface area contributed by atoms with Gasteiger partial charge in [0.15, 0.2) is 0 Å². The molecule has 1 amide bonds. The molecule has 0 spiro atoms. The Labute approximate surface area is 139 Å². The molecule has 1 saturated heterocycles. The zero-order chi connectivity index (χ0) is 16.7. The van der Waals surface area contributed by atoms with Gasteiger partial charge >= 0.3 is 0 Å². The van der Waals surface area contributed by atoms with Crippen LogP contribution >= 0.6 is 0 Å². The Bertz CT molecular complexity index is 896. The minimum absolute atomic E-state index is 0.00679. The fourth-order valence-electron chi connectivity index (χ4n) is 3.09. The third-order valence-corrected chi connectivity index (χ3v) is 4.27. The fourth-order valence-corrected chi connectivity index (χ4v) is 3.09. The number of H-pyrrole nitrogens is 1. The van der Waals surface area contributed by atoms with E-state index in [-0.39, 0.29) is 12.0 Å². The maximum absolute atomic E-state index is 12.8. The molecule has 124 valence electrons. The summed E-state index contributed by atoms with van der Waals surface area (Å²) in [5.41, 5.74) is 2.45. The second kappa shape index (κ2) is 5.79. The fraction of sp³-hybridized carbons (Fsp3) is 0.333. The third-order valence-electron chi connectivity index (χ3n) is 4.27. The quantitative estimate of drug-likeness (QED) is 0.786. The summed E-state index contributed by atoms with van der Waals surface area (Å²) in [5.74, 6) is 1.62. The molecule has 4 rings (SSSR count). The van der Waals surface area contributed by atoms with Crippen LogP contribution in [0.2, 0.25) is 0 Å². The van der Waals surface area contributed by atoms with Crippen LogP contribution in [0.15, 0.2) is 34.9 Å². The van der Waals surface area contributed by atoms with Crippen LogP contribution < -0.4 is 0 Å². The van der Waals surface area contributed by atoms with E-state index in [1.165, 1.54) is 0 Å². The first kappa shape index (κ1) is 15.0. The molecule has 24 heavy (non-hydrogen) atoms. The summed E-state index contributed by atoms with van der Waals surface area (Å²) >= 11 is 0. The Morgan fingerprint density at radius 3 is 3.00 bits per heavy atom. The van der Waals surface area contributed by atoms with Gasteiger partial charge in [-0.25, -0.2) is 4.98 Å². The van der Waals surface area contributed by atoms with Crippen LogP contribution in [0.4, 0.5) is 0 Å². The molecule has 0 radical (unpaired) electrons. The van der Waals surface area contributed by atoms with Crippen molar-refractivity contribution in [2.75, 3.05) is 19.7 Å². The van der Waals surface area contributed by atoms with E-state index in [4.69, 9.17) is 9.15 Å². The van der Waals surface area contributed by atoms with Crippen molar-refractivity contribution < 1.29 is 13.9 Å². The molecule has 3 aromatic rings. The van der Waals surface area contributed by atoms with E-state index in [2.05, 4.69) is 9.97 Å². The summed E-state index contributed by atoms with van der Waals surface area (Å²) < 4.78 is 11.3. The van der Waals surface area contributed by atoms with Crippen LogP contribution in [-0.2, 0) is 4.74 Å². The SMILES string of the molecule is Cc1cnc([C@@H]2CN(C(=O)c3ccc4oc(C)cc4c3)CCO2)[nH]1. The minimum Gasteiger partial charge on any atom is -0.461 e. The number of morpholine rings is 1. The number of amides is 1.